The van der Waals surface area contributed by atoms with Gasteiger partial charge in [0.05, 0.1) is 5.60 Å². The first kappa shape index (κ1) is 8.28. The predicted octanol–water partition coefficient (Wildman–Crippen LogP) is 2.44. The molecule has 0 saturated heterocycles. The van der Waals surface area contributed by atoms with Gasteiger partial charge in [0, 0.05) is 16.7 Å². The molecule has 4 rings (SSSR count). The van der Waals surface area contributed by atoms with Crippen LogP contribution in [0.25, 0.3) is 0 Å². The molecule has 4 aliphatic rings. The lowest BCUT2D eigenvalue weighted by molar-refractivity contribution is 0.200. The molecule has 13 heavy (non-hydrogen) atoms. The van der Waals surface area contributed by atoms with Crippen molar-refractivity contribution in [3.63, 3.8) is 0 Å². The Hall–Kier alpha value is -0.0400. The van der Waals surface area contributed by atoms with Crippen molar-refractivity contribution in [3.05, 3.63) is 0 Å². The van der Waals surface area contributed by atoms with Gasteiger partial charge >= 0.3 is 0 Å². The van der Waals surface area contributed by atoms with Crippen molar-refractivity contribution in [1.82, 2.24) is 0 Å². The van der Waals surface area contributed by atoms with Crippen LogP contribution in [0.5, 0.6) is 0 Å². The van der Waals surface area contributed by atoms with E-state index in [1.807, 2.05) is 0 Å². The third-order valence-corrected chi connectivity index (χ3v) is 5.16. The summed E-state index contributed by atoms with van der Waals surface area (Å²) in [5.41, 5.74) is 0.965. The van der Waals surface area contributed by atoms with Gasteiger partial charge in [-0.2, -0.15) is 0 Å². The molecule has 0 aromatic carbocycles. The first-order valence-electron chi connectivity index (χ1n) is 5.34. The van der Waals surface area contributed by atoms with Crippen LogP contribution in [0.1, 0.15) is 41.5 Å². The average molecular weight is 180 g/mol. The average Bonchev–Trinajstić information content (AvgIpc) is 2.54. The highest BCUT2D eigenvalue weighted by Gasteiger charge is 3.32. The lowest BCUT2D eigenvalue weighted by Crippen LogP contribution is -2.16. The highest BCUT2D eigenvalue weighted by Crippen LogP contribution is 3.25. The van der Waals surface area contributed by atoms with Crippen LogP contribution in [0, 0.1) is 27.6 Å². The molecule has 4 fully saturated rings. The molecule has 0 radical (unpaired) electrons. The maximum absolute atomic E-state index is 10.3. The minimum Gasteiger partial charge on any atom is -0.388 e. The molecule has 0 bridgehead atoms. The molecular formula is C12H20O. The topological polar surface area (TPSA) is 20.2 Å². The zero-order chi connectivity index (χ0) is 10.1. The highest BCUT2D eigenvalue weighted by atomic mass is 16.3. The van der Waals surface area contributed by atoms with Crippen LogP contribution in [-0.4, -0.2) is 10.7 Å². The van der Waals surface area contributed by atoms with E-state index in [9.17, 15) is 5.11 Å². The molecule has 4 saturated carbocycles. The first-order chi connectivity index (χ1) is 5.62. The molecule has 0 spiro atoms. The Morgan fingerprint density at radius 1 is 0.846 bits per heavy atom. The maximum Gasteiger partial charge on any atom is 0.0832 e. The van der Waals surface area contributed by atoms with E-state index >= 15 is 0 Å². The maximum atomic E-state index is 10.3. The van der Waals surface area contributed by atoms with E-state index in [1.165, 1.54) is 0 Å². The fourth-order valence-corrected chi connectivity index (χ4v) is 4.97. The second-order valence-corrected chi connectivity index (χ2v) is 7.32. The number of rotatable bonds is 0. The van der Waals surface area contributed by atoms with E-state index in [0.29, 0.717) is 27.6 Å². The predicted molar refractivity (Wildman–Crippen MR) is 52.2 cm³/mol. The van der Waals surface area contributed by atoms with Gasteiger partial charge in [-0.05, 0) is 10.8 Å². The fourth-order valence-electron chi connectivity index (χ4n) is 4.97. The lowest BCUT2D eigenvalue weighted by Gasteiger charge is -2.22. The summed E-state index contributed by atoms with van der Waals surface area (Å²) in [6, 6.07) is 0. The van der Waals surface area contributed by atoms with E-state index in [0.717, 1.165) is 0 Å². The molecule has 0 aromatic rings. The van der Waals surface area contributed by atoms with E-state index < -0.39 is 0 Å². The zero-order valence-corrected chi connectivity index (χ0v) is 9.52. The summed E-state index contributed by atoms with van der Waals surface area (Å²) in [4.78, 5) is 0. The van der Waals surface area contributed by atoms with E-state index in [-0.39, 0.29) is 5.60 Å². The number of hydrogen-bond donors (Lipinski definition) is 1. The molecule has 4 aliphatic carbocycles. The Morgan fingerprint density at radius 2 is 1.08 bits per heavy atom. The summed E-state index contributed by atoms with van der Waals surface area (Å²) < 4.78 is 0. The Bertz CT molecular complexity index is 289. The Balaban J connectivity index is 2.01. The van der Waals surface area contributed by atoms with Gasteiger partial charge in [0.2, 0.25) is 0 Å². The Morgan fingerprint density at radius 3 is 1.15 bits per heavy atom. The molecule has 0 heterocycles. The second kappa shape index (κ2) is 1.32. The quantitative estimate of drug-likeness (QED) is 0.607. The van der Waals surface area contributed by atoms with Gasteiger partial charge in [-0.15, -0.1) is 0 Å². The van der Waals surface area contributed by atoms with Crippen molar-refractivity contribution in [2.45, 2.75) is 47.1 Å². The van der Waals surface area contributed by atoms with E-state index in [1.54, 1.807) is 0 Å². The van der Waals surface area contributed by atoms with Gasteiger partial charge in [0.25, 0.3) is 0 Å². The van der Waals surface area contributed by atoms with Crippen LogP contribution in [0.4, 0.5) is 0 Å². The van der Waals surface area contributed by atoms with Crippen LogP contribution in [0.2, 0.25) is 0 Å². The van der Waals surface area contributed by atoms with Crippen LogP contribution in [0.15, 0.2) is 0 Å². The third-order valence-electron chi connectivity index (χ3n) is 5.16. The van der Waals surface area contributed by atoms with Crippen molar-refractivity contribution in [3.8, 4) is 0 Å². The first-order valence-corrected chi connectivity index (χ1v) is 5.34. The van der Waals surface area contributed by atoms with E-state index in [2.05, 4.69) is 41.5 Å². The van der Waals surface area contributed by atoms with Gasteiger partial charge in [-0.1, -0.05) is 41.5 Å². The number of aliphatic hydroxyl groups is 1. The van der Waals surface area contributed by atoms with Crippen LogP contribution < -0.4 is 0 Å². The smallest absolute Gasteiger partial charge is 0.0832 e. The largest absolute Gasteiger partial charge is 0.388 e. The molecule has 1 heteroatoms. The van der Waals surface area contributed by atoms with Gasteiger partial charge in [-0.25, -0.2) is 0 Å². The van der Waals surface area contributed by atoms with Crippen LogP contribution in [-0.2, 0) is 0 Å². The molecule has 1 N–H and O–H groups in total. The van der Waals surface area contributed by atoms with Gasteiger partial charge < -0.3 is 5.11 Å². The lowest BCUT2D eigenvalue weighted by atomic mass is 9.81. The van der Waals surface area contributed by atoms with E-state index in [4.69, 9.17) is 0 Å². The molecule has 2 unspecified atom stereocenters. The molecule has 74 valence electrons. The second-order valence-electron chi connectivity index (χ2n) is 7.32. The molecule has 1 nitrogen and oxygen atoms in total. The van der Waals surface area contributed by atoms with Crippen molar-refractivity contribution >= 4 is 0 Å². The summed E-state index contributed by atoms with van der Waals surface area (Å²) in [6.45, 7) is 13.7. The van der Waals surface area contributed by atoms with Crippen LogP contribution >= 0.6 is 0 Å². The third kappa shape index (κ3) is 0.393. The monoisotopic (exact) mass is 180 g/mol. The molecule has 0 aliphatic heterocycles. The molecule has 0 aromatic heterocycles. The normalized spacial score (nSPS) is 61.6. The van der Waals surface area contributed by atoms with Crippen molar-refractivity contribution in [1.29, 1.82) is 0 Å². The van der Waals surface area contributed by atoms with Gasteiger partial charge in [0.1, 0.15) is 0 Å². The number of hydrogen-bond acceptors (Lipinski definition) is 1. The SMILES string of the molecule is CC(C)(C)C12C3C1(O)C32C(C)(C)C. The molecular weight excluding hydrogens is 160 g/mol. The van der Waals surface area contributed by atoms with Crippen molar-refractivity contribution in [2.75, 3.05) is 0 Å². The minimum atomic E-state index is -0.240. The van der Waals surface area contributed by atoms with Crippen molar-refractivity contribution < 1.29 is 5.11 Å². The minimum absolute atomic E-state index is 0.240. The highest BCUT2D eigenvalue weighted by molar-refractivity contribution is 5.78. The summed E-state index contributed by atoms with van der Waals surface area (Å²) in [5, 5.41) is 10.3. The molecule has 0 amide bonds. The summed E-state index contributed by atoms with van der Waals surface area (Å²) in [5.74, 6) is 0.646. The summed E-state index contributed by atoms with van der Waals surface area (Å²) in [6.07, 6.45) is 0. The summed E-state index contributed by atoms with van der Waals surface area (Å²) >= 11 is 0. The summed E-state index contributed by atoms with van der Waals surface area (Å²) in [7, 11) is 0. The Kier molecular flexibility index (Phi) is 0.843. The van der Waals surface area contributed by atoms with Crippen molar-refractivity contribution in [2.24, 2.45) is 27.6 Å². The Labute approximate surface area is 80.5 Å². The van der Waals surface area contributed by atoms with Gasteiger partial charge in [-0.3, -0.25) is 0 Å². The molecule has 2 atom stereocenters. The standard InChI is InChI=1S/C12H20O/c1-8(2,3)10-7-11(10,9(4,5)6)12(7,10)13/h7,13H,1-6H3. The zero-order valence-electron chi connectivity index (χ0n) is 9.52. The van der Waals surface area contributed by atoms with Crippen LogP contribution in [0.3, 0.4) is 0 Å². The fraction of sp³-hybridized carbons (Fsp3) is 1.00. The van der Waals surface area contributed by atoms with Gasteiger partial charge in [0.15, 0.2) is 0 Å².